The molecule has 0 saturated heterocycles. The Hall–Kier alpha value is -2.03. The number of carbonyl (C=O) groups excluding carboxylic acids is 1. The zero-order valence-corrected chi connectivity index (χ0v) is 10.9. The van der Waals surface area contributed by atoms with Crippen LogP contribution in [0, 0.1) is 6.92 Å². The van der Waals surface area contributed by atoms with E-state index >= 15 is 0 Å². The van der Waals surface area contributed by atoms with Gasteiger partial charge in [0.15, 0.2) is 0 Å². The molecule has 96 valence electrons. The summed E-state index contributed by atoms with van der Waals surface area (Å²) in [6.07, 6.45) is 3.43. The van der Waals surface area contributed by atoms with Crippen molar-refractivity contribution in [2.75, 3.05) is 25.0 Å². The normalized spacial score (nSPS) is 9.61. The molecule has 3 heteroatoms. The molecule has 0 bridgehead atoms. The first-order chi connectivity index (χ1) is 8.69. The summed E-state index contributed by atoms with van der Waals surface area (Å²) < 4.78 is 0. The van der Waals surface area contributed by atoms with Gasteiger partial charge in [-0.25, -0.2) is 0 Å². The van der Waals surface area contributed by atoms with Crippen molar-refractivity contribution in [3.63, 3.8) is 0 Å². The van der Waals surface area contributed by atoms with E-state index in [1.165, 1.54) is 0 Å². The van der Waals surface area contributed by atoms with Crippen molar-refractivity contribution < 1.29 is 4.79 Å². The minimum absolute atomic E-state index is 0.0399. The summed E-state index contributed by atoms with van der Waals surface area (Å²) in [5.74, 6) is 0.0399. The van der Waals surface area contributed by atoms with Crippen LogP contribution in [0.2, 0.25) is 0 Å². The molecule has 0 spiro atoms. The summed E-state index contributed by atoms with van der Waals surface area (Å²) in [7, 11) is 0. The summed E-state index contributed by atoms with van der Waals surface area (Å²) in [6, 6.07) is 7.90. The van der Waals surface area contributed by atoms with Crippen LogP contribution in [0.25, 0.3) is 0 Å². The van der Waals surface area contributed by atoms with Crippen molar-refractivity contribution in [1.82, 2.24) is 4.90 Å². The van der Waals surface area contributed by atoms with Gasteiger partial charge in [-0.15, -0.1) is 13.2 Å². The molecule has 0 aliphatic carbocycles. The Morgan fingerprint density at radius 2 is 1.89 bits per heavy atom. The highest BCUT2D eigenvalue weighted by Crippen LogP contribution is 2.12. The van der Waals surface area contributed by atoms with Gasteiger partial charge in [-0.3, -0.25) is 4.79 Å². The van der Waals surface area contributed by atoms with Crippen molar-refractivity contribution in [1.29, 1.82) is 0 Å². The third-order valence-electron chi connectivity index (χ3n) is 2.63. The summed E-state index contributed by atoms with van der Waals surface area (Å²) in [6.45, 7) is 10.7. The van der Waals surface area contributed by atoms with Crippen molar-refractivity contribution in [3.05, 3.63) is 55.1 Å². The minimum atomic E-state index is 0.0399. The number of hydrogen-bond donors (Lipinski definition) is 1. The van der Waals surface area contributed by atoms with Gasteiger partial charge in [-0.2, -0.15) is 0 Å². The maximum absolute atomic E-state index is 12.0. The van der Waals surface area contributed by atoms with E-state index in [1.54, 1.807) is 17.1 Å². The lowest BCUT2D eigenvalue weighted by Crippen LogP contribution is -2.35. The minimum Gasteiger partial charge on any atom is -0.376 e. The Kier molecular flexibility index (Phi) is 5.71. The second-order valence-electron chi connectivity index (χ2n) is 4.04. The van der Waals surface area contributed by atoms with Crippen molar-refractivity contribution in [2.24, 2.45) is 0 Å². The topological polar surface area (TPSA) is 32.3 Å². The third kappa shape index (κ3) is 4.09. The van der Waals surface area contributed by atoms with Gasteiger partial charge in [0, 0.05) is 18.8 Å². The number of rotatable bonds is 7. The molecule has 1 N–H and O–H groups in total. The van der Waals surface area contributed by atoms with E-state index < -0.39 is 0 Å². The molecule has 0 fully saturated rings. The van der Waals surface area contributed by atoms with Crippen molar-refractivity contribution >= 4 is 11.6 Å². The van der Waals surface area contributed by atoms with Crippen LogP contribution in [0.5, 0.6) is 0 Å². The highest BCUT2D eigenvalue weighted by molar-refractivity contribution is 5.81. The predicted octanol–water partition coefficient (Wildman–Crippen LogP) is 2.61. The van der Waals surface area contributed by atoms with Crippen molar-refractivity contribution in [2.45, 2.75) is 6.92 Å². The number of hydrogen-bond acceptors (Lipinski definition) is 2. The van der Waals surface area contributed by atoms with Gasteiger partial charge in [0.1, 0.15) is 0 Å². The molecule has 0 aliphatic rings. The van der Waals surface area contributed by atoms with Gasteiger partial charge >= 0.3 is 0 Å². The number of nitrogens with zero attached hydrogens (tertiary/aromatic N) is 1. The largest absolute Gasteiger partial charge is 0.376 e. The second kappa shape index (κ2) is 7.33. The lowest BCUT2D eigenvalue weighted by molar-refractivity contribution is -0.128. The van der Waals surface area contributed by atoms with E-state index in [4.69, 9.17) is 0 Å². The lowest BCUT2D eigenvalue weighted by atomic mass is 10.2. The maximum Gasteiger partial charge on any atom is 0.242 e. The molecule has 1 aromatic rings. The number of benzene rings is 1. The molecular formula is C15H20N2O. The van der Waals surface area contributed by atoms with Gasteiger partial charge in [-0.05, 0) is 18.6 Å². The summed E-state index contributed by atoms with van der Waals surface area (Å²) in [4.78, 5) is 13.7. The van der Waals surface area contributed by atoms with Crippen LogP contribution in [0.3, 0.4) is 0 Å². The first-order valence-corrected chi connectivity index (χ1v) is 5.98. The molecule has 1 rings (SSSR count). The lowest BCUT2D eigenvalue weighted by Gasteiger charge is -2.20. The Labute approximate surface area is 109 Å². The Balaban J connectivity index is 2.56. The van der Waals surface area contributed by atoms with Crippen LogP contribution in [-0.4, -0.2) is 30.4 Å². The average Bonchev–Trinajstić information content (AvgIpc) is 2.37. The van der Waals surface area contributed by atoms with Gasteiger partial charge in [0.25, 0.3) is 0 Å². The number of anilines is 1. The molecular weight excluding hydrogens is 224 g/mol. The van der Waals surface area contributed by atoms with Crippen molar-refractivity contribution in [3.8, 4) is 0 Å². The molecule has 0 aliphatic heterocycles. The van der Waals surface area contributed by atoms with E-state index in [9.17, 15) is 4.79 Å². The van der Waals surface area contributed by atoms with E-state index in [0.29, 0.717) is 13.1 Å². The Bertz CT molecular complexity index is 416. The first kappa shape index (κ1) is 14.0. The summed E-state index contributed by atoms with van der Waals surface area (Å²) >= 11 is 0. The molecule has 0 atom stereocenters. The fraction of sp³-hybridized carbons (Fsp3) is 0.267. The molecule has 3 nitrogen and oxygen atoms in total. The molecule has 0 radical (unpaired) electrons. The molecule has 0 heterocycles. The molecule has 18 heavy (non-hydrogen) atoms. The SMILES string of the molecule is C=CCN(CC=C)C(=O)CNc1ccccc1C. The predicted molar refractivity (Wildman–Crippen MR) is 76.6 cm³/mol. The quantitative estimate of drug-likeness (QED) is 0.748. The fourth-order valence-corrected chi connectivity index (χ4v) is 1.64. The van der Waals surface area contributed by atoms with Gasteiger partial charge < -0.3 is 10.2 Å². The van der Waals surface area contributed by atoms with Gasteiger partial charge in [0.05, 0.1) is 6.54 Å². The van der Waals surface area contributed by atoms with E-state index in [-0.39, 0.29) is 12.5 Å². The molecule has 0 saturated carbocycles. The zero-order valence-electron chi connectivity index (χ0n) is 10.9. The Morgan fingerprint density at radius 3 is 2.44 bits per heavy atom. The standard InChI is InChI=1S/C15H20N2O/c1-4-10-17(11-5-2)15(18)12-16-14-9-7-6-8-13(14)3/h4-9,16H,1-2,10-12H2,3H3. The molecule has 1 amide bonds. The van der Waals surface area contributed by atoms with Crippen LogP contribution < -0.4 is 5.32 Å². The average molecular weight is 244 g/mol. The number of para-hydroxylation sites is 1. The first-order valence-electron chi connectivity index (χ1n) is 5.98. The fourth-order valence-electron chi connectivity index (χ4n) is 1.64. The van der Waals surface area contributed by atoms with Crippen LogP contribution in [0.4, 0.5) is 5.69 Å². The van der Waals surface area contributed by atoms with E-state index in [1.807, 2.05) is 31.2 Å². The molecule has 0 aromatic heterocycles. The summed E-state index contributed by atoms with van der Waals surface area (Å²) in [5.41, 5.74) is 2.12. The van der Waals surface area contributed by atoms with E-state index in [2.05, 4.69) is 18.5 Å². The maximum atomic E-state index is 12.0. The highest BCUT2D eigenvalue weighted by Gasteiger charge is 2.10. The highest BCUT2D eigenvalue weighted by atomic mass is 16.2. The van der Waals surface area contributed by atoms with Gasteiger partial charge in [-0.1, -0.05) is 30.4 Å². The monoisotopic (exact) mass is 244 g/mol. The number of carbonyl (C=O) groups is 1. The summed E-state index contributed by atoms with van der Waals surface area (Å²) in [5, 5.41) is 3.15. The molecule has 0 unspecified atom stereocenters. The zero-order chi connectivity index (χ0) is 13.4. The Morgan fingerprint density at radius 1 is 1.28 bits per heavy atom. The van der Waals surface area contributed by atoms with Crippen LogP contribution in [0.15, 0.2) is 49.6 Å². The number of aryl methyl sites for hydroxylation is 1. The second-order valence-corrected chi connectivity index (χ2v) is 4.04. The number of nitrogens with one attached hydrogen (secondary N) is 1. The van der Waals surface area contributed by atoms with Crippen LogP contribution in [0.1, 0.15) is 5.56 Å². The third-order valence-corrected chi connectivity index (χ3v) is 2.63. The van der Waals surface area contributed by atoms with E-state index in [0.717, 1.165) is 11.3 Å². The number of amides is 1. The molecule has 1 aromatic carbocycles. The van der Waals surface area contributed by atoms with Crippen LogP contribution in [-0.2, 0) is 4.79 Å². The van der Waals surface area contributed by atoms with Gasteiger partial charge in [0.2, 0.25) is 5.91 Å². The van der Waals surface area contributed by atoms with Crippen LogP contribution >= 0.6 is 0 Å². The smallest absolute Gasteiger partial charge is 0.242 e.